The molecule has 0 aliphatic rings. The monoisotopic (exact) mass is 382 g/mol. The van der Waals surface area contributed by atoms with Crippen molar-refractivity contribution in [1.82, 2.24) is 19.2 Å². The highest BCUT2D eigenvalue weighted by molar-refractivity contribution is 7.14. The summed E-state index contributed by atoms with van der Waals surface area (Å²) in [7, 11) is 1.65. The molecule has 1 aromatic carbocycles. The molecule has 0 amide bonds. The van der Waals surface area contributed by atoms with E-state index in [0.717, 1.165) is 16.9 Å². The number of aromatic nitrogens is 4. The molecule has 3 heterocycles. The van der Waals surface area contributed by atoms with Crippen LogP contribution in [-0.4, -0.2) is 25.1 Å². The maximum atomic E-state index is 12.5. The molecule has 4 rings (SSSR count). The van der Waals surface area contributed by atoms with E-state index in [-0.39, 0.29) is 18.1 Å². The van der Waals surface area contributed by atoms with Crippen molar-refractivity contribution >= 4 is 34.0 Å². The highest BCUT2D eigenvalue weighted by Gasteiger charge is 2.17. The minimum atomic E-state index is -0.381. The van der Waals surface area contributed by atoms with E-state index in [1.165, 1.54) is 15.9 Å². The molecule has 0 radical (unpaired) electrons. The highest BCUT2D eigenvalue weighted by Crippen LogP contribution is 2.23. The SMILES string of the molecule is CCc1cc(C(=O)OCc2nnc3n(C)c(=O)c4ccccc4n23)sc1C. The van der Waals surface area contributed by atoms with E-state index in [1.54, 1.807) is 17.5 Å². The standard InChI is InChI=1S/C19H18N4O3S/c1-4-12-9-15(27-11(12)2)18(25)26-10-16-20-21-19-22(3)17(24)13-7-5-6-8-14(13)23(16)19/h5-9H,4,10H2,1-3H3. The zero-order valence-corrected chi connectivity index (χ0v) is 16.0. The van der Waals surface area contributed by atoms with Crippen LogP contribution < -0.4 is 5.56 Å². The molecule has 3 aromatic heterocycles. The third-order valence-electron chi connectivity index (χ3n) is 4.63. The van der Waals surface area contributed by atoms with Crippen LogP contribution in [0.1, 0.15) is 32.9 Å². The van der Waals surface area contributed by atoms with Crippen LogP contribution >= 0.6 is 11.3 Å². The summed E-state index contributed by atoms with van der Waals surface area (Å²) in [6, 6.07) is 9.12. The van der Waals surface area contributed by atoms with Gasteiger partial charge in [0, 0.05) is 11.9 Å². The van der Waals surface area contributed by atoms with E-state index >= 15 is 0 Å². The zero-order valence-electron chi connectivity index (χ0n) is 15.2. The summed E-state index contributed by atoms with van der Waals surface area (Å²) in [5.74, 6) is 0.493. The van der Waals surface area contributed by atoms with Crippen molar-refractivity contribution in [3.05, 3.63) is 61.8 Å². The molecular formula is C19H18N4O3S. The third kappa shape index (κ3) is 2.82. The summed E-state index contributed by atoms with van der Waals surface area (Å²) in [6.07, 6.45) is 0.879. The molecule has 27 heavy (non-hydrogen) atoms. The largest absolute Gasteiger partial charge is 0.453 e. The first kappa shape index (κ1) is 17.4. The minimum absolute atomic E-state index is 0.0272. The van der Waals surface area contributed by atoms with Gasteiger partial charge in [-0.3, -0.25) is 13.8 Å². The van der Waals surface area contributed by atoms with Crippen molar-refractivity contribution in [2.24, 2.45) is 7.05 Å². The number of thiophene rings is 1. The Morgan fingerprint density at radius 1 is 1.26 bits per heavy atom. The predicted octanol–water partition coefficient (Wildman–Crippen LogP) is 2.87. The number of carbonyl (C=O) groups is 1. The number of ether oxygens (including phenoxy) is 1. The summed E-state index contributed by atoms with van der Waals surface area (Å²) in [5, 5.41) is 8.79. The van der Waals surface area contributed by atoms with Crippen LogP contribution in [0.15, 0.2) is 35.1 Å². The molecule has 138 valence electrons. The summed E-state index contributed by atoms with van der Waals surface area (Å²) in [4.78, 5) is 26.6. The van der Waals surface area contributed by atoms with Crippen molar-refractivity contribution in [3.8, 4) is 0 Å². The number of esters is 1. The van der Waals surface area contributed by atoms with E-state index in [0.29, 0.717) is 27.4 Å². The van der Waals surface area contributed by atoms with Crippen LogP contribution in [0.4, 0.5) is 0 Å². The number of nitrogens with zero attached hydrogens (tertiary/aromatic N) is 4. The molecule has 0 fully saturated rings. The van der Waals surface area contributed by atoms with Crippen LogP contribution in [-0.2, 0) is 24.8 Å². The van der Waals surface area contributed by atoms with Gasteiger partial charge < -0.3 is 4.74 Å². The van der Waals surface area contributed by atoms with Crippen LogP contribution in [0.3, 0.4) is 0 Å². The molecule has 0 aliphatic carbocycles. The maximum Gasteiger partial charge on any atom is 0.348 e. The fourth-order valence-electron chi connectivity index (χ4n) is 3.16. The fraction of sp³-hybridized carbons (Fsp3) is 0.263. The van der Waals surface area contributed by atoms with Crippen LogP contribution in [0.5, 0.6) is 0 Å². The molecule has 0 saturated carbocycles. The number of rotatable bonds is 4. The van der Waals surface area contributed by atoms with Crippen molar-refractivity contribution < 1.29 is 9.53 Å². The lowest BCUT2D eigenvalue weighted by molar-refractivity contribution is 0.0467. The van der Waals surface area contributed by atoms with Crippen molar-refractivity contribution in [3.63, 3.8) is 0 Å². The predicted molar refractivity (Wildman–Crippen MR) is 103 cm³/mol. The lowest BCUT2D eigenvalue weighted by Crippen LogP contribution is -2.20. The van der Waals surface area contributed by atoms with E-state index in [4.69, 9.17) is 4.74 Å². The Bertz CT molecular complexity index is 1240. The smallest absolute Gasteiger partial charge is 0.348 e. The lowest BCUT2D eigenvalue weighted by atomic mass is 10.2. The molecule has 8 heteroatoms. The molecule has 7 nitrogen and oxygen atoms in total. The van der Waals surface area contributed by atoms with Crippen LogP contribution in [0.2, 0.25) is 0 Å². The molecule has 0 aliphatic heterocycles. The van der Waals surface area contributed by atoms with E-state index < -0.39 is 0 Å². The van der Waals surface area contributed by atoms with Gasteiger partial charge in [0.2, 0.25) is 5.78 Å². The van der Waals surface area contributed by atoms with Gasteiger partial charge in [-0.25, -0.2) is 4.79 Å². The Balaban J connectivity index is 1.70. The zero-order chi connectivity index (χ0) is 19.1. The van der Waals surface area contributed by atoms with Crippen molar-refractivity contribution in [2.45, 2.75) is 26.9 Å². The molecule has 0 saturated heterocycles. The summed E-state index contributed by atoms with van der Waals surface area (Å²) < 4.78 is 8.67. The molecule has 0 bridgehead atoms. The van der Waals surface area contributed by atoms with Gasteiger partial charge in [-0.2, -0.15) is 0 Å². The number of hydrogen-bond acceptors (Lipinski definition) is 6. The van der Waals surface area contributed by atoms with E-state index in [2.05, 4.69) is 17.1 Å². The van der Waals surface area contributed by atoms with Gasteiger partial charge in [-0.15, -0.1) is 21.5 Å². The van der Waals surface area contributed by atoms with Gasteiger partial charge in [-0.1, -0.05) is 19.1 Å². The second-order valence-electron chi connectivity index (χ2n) is 6.25. The number of fused-ring (bicyclic) bond motifs is 3. The Morgan fingerprint density at radius 2 is 2.04 bits per heavy atom. The van der Waals surface area contributed by atoms with Crippen molar-refractivity contribution in [2.75, 3.05) is 0 Å². The van der Waals surface area contributed by atoms with Gasteiger partial charge in [-0.05, 0) is 37.1 Å². The van der Waals surface area contributed by atoms with Gasteiger partial charge in [0.1, 0.15) is 4.88 Å². The first-order valence-electron chi connectivity index (χ1n) is 8.59. The average molecular weight is 382 g/mol. The minimum Gasteiger partial charge on any atom is -0.453 e. The quantitative estimate of drug-likeness (QED) is 0.507. The van der Waals surface area contributed by atoms with Gasteiger partial charge >= 0.3 is 5.97 Å². The summed E-state index contributed by atoms with van der Waals surface area (Å²) in [6.45, 7) is 4.03. The maximum absolute atomic E-state index is 12.5. The van der Waals surface area contributed by atoms with Crippen LogP contribution in [0.25, 0.3) is 16.7 Å². The molecule has 0 spiro atoms. The van der Waals surface area contributed by atoms with Crippen LogP contribution in [0, 0.1) is 6.92 Å². The molecule has 0 N–H and O–H groups in total. The fourth-order valence-corrected chi connectivity index (χ4v) is 4.17. The number of hydrogen-bond donors (Lipinski definition) is 0. The number of para-hydroxylation sites is 1. The van der Waals surface area contributed by atoms with Crippen molar-refractivity contribution in [1.29, 1.82) is 0 Å². The normalized spacial score (nSPS) is 11.4. The number of aryl methyl sites for hydroxylation is 3. The Labute approximate surface area is 158 Å². The third-order valence-corrected chi connectivity index (χ3v) is 5.70. The molecule has 4 aromatic rings. The first-order chi connectivity index (χ1) is 13.0. The second-order valence-corrected chi connectivity index (χ2v) is 7.51. The second kappa shape index (κ2) is 6.62. The number of carbonyl (C=O) groups excluding carboxylic acids is 1. The molecule has 0 atom stereocenters. The average Bonchev–Trinajstić information content (AvgIpc) is 3.27. The van der Waals surface area contributed by atoms with E-state index in [1.807, 2.05) is 31.2 Å². The van der Waals surface area contributed by atoms with Gasteiger partial charge in [0.15, 0.2) is 12.4 Å². The summed E-state index contributed by atoms with van der Waals surface area (Å²) in [5.41, 5.74) is 1.70. The highest BCUT2D eigenvalue weighted by atomic mass is 32.1. The summed E-state index contributed by atoms with van der Waals surface area (Å²) >= 11 is 1.43. The van der Waals surface area contributed by atoms with Gasteiger partial charge in [0.05, 0.1) is 10.9 Å². The topological polar surface area (TPSA) is 78.5 Å². The number of benzene rings is 1. The first-order valence-corrected chi connectivity index (χ1v) is 9.41. The Hall–Kier alpha value is -3.00. The molecular weight excluding hydrogens is 364 g/mol. The Morgan fingerprint density at radius 3 is 2.78 bits per heavy atom. The Kier molecular flexibility index (Phi) is 4.27. The lowest BCUT2D eigenvalue weighted by Gasteiger charge is -2.08. The molecule has 0 unspecified atom stereocenters. The van der Waals surface area contributed by atoms with Gasteiger partial charge in [0.25, 0.3) is 5.56 Å². The van der Waals surface area contributed by atoms with E-state index in [9.17, 15) is 9.59 Å².